The van der Waals surface area contributed by atoms with Crippen molar-refractivity contribution in [1.82, 2.24) is 4.91 Å². The number of hydrogen-bond acceptors (Lipinski definition) is 5. The Morgan fingerprint density at radius 3 is 2.86 bits per heavy atom. The molecule has 1 rings (SSSR count). The third-order valence-electron chi connectivity index (χ3n) is 2.59. The molecule has 0 aromatic heterocycles. The predicted molar refractivity (Wildman–Crippen MR) is 44.2 cm³/mol. The van der Waals surface area contributed by atoms with Gasteiger partial charge in [0, 0.05) is 25.4 Å². The molecular formula is C8H13N3O3. The Hall–Kier alpha value is -1.26. The standard InChI is InChI=1S/C8H13N3O3/c1-14-7-4-5(10-11-9)2-3-6(7)8(12)13/h5-7,9H,2-4H2,1H3/t5-,6-,7+/m0/s1. The highest BCUT2D eigenvalue weighted by molar-refractivity contribution is 5.68. The van der Waals surface area contributed by atoms with Crippen molar-refractivity contribution in [2.45, 2.75) is 31.4 Å². The molecule has 0 bridgehead atoms. The molecule has 0 radical (unpaired) electrons. The van der Waals surface area contributed by atoms with Crippen LogP contribution < -0.4 is 10.0 Å². The van der Waals surface area contributed by atoms with E-state index in [-0.39, 0.29) is 12.1 Å². The van der Waals surface area contributed by atoms with E-state index >= 15 is 0 Å². The van der Waals surface area contributed by atoms with E-state index in [2.05, 4.69) is 10.0 Å². The summed E-state index contributed by atoms with van der Waals surface area (Å²) in [6.45, 7) is 0. The second-order valence-corrected chi connectivity index (χ2v) is 3.38. The summed E-state index contributed by atoms with van der Waals surface area (Å²) in [5.74, 6) is -1.63. The SMILES string of the molecule is CO[C@@H]1C[C@@H](N=[N+]=N)CC[C@@H]1C(=O)[O-]. The minimum atomic E-state index is -1.07. The first-order chi connectivity index (χ1) is 6.69. The molecule has 1 fully saturated rings. The number of carbonyl (C=O) groups excluding carboxylic acids is 1. The number of methoxy groups -OCH3 is 1. The molecule has 1 N–H and O–H groups in total. The fourth-order valence-electron chi connectivity index (χ4n) is 1.82. The van der Waals surface area contributed by atoms with Crippen molar-refractivity contribution < 1.29 is 14.6 Å². The summed E-state index contributed by atoms with van der Waals surface area (Å²) >= 11 is 0. The van der Waals surface area contributed by atoms with Crippen molar-refractivity contribution in [2.75, 3.05) is 7.11 Å². The maximum Gasteiger partial charge on any atom is 0.214 e. The molecule has 0 amide bonds. The van der Waals surface area contributed by atoms with E-state index < -0.39 is 11.9 Å². The van der Waals surface area contributed by atoms with Crippen LogP contribution in [-0.2, 0) is 9.53 Å². The molecule has 0 aliphatic heterocycles. The molecule has 0 saturated heterocycles. The third kappa shape index (κ3) is 2.37. The highest BCUT2D eigenvalue weighted by Crippen LogP contribution is 2.27. The van der Waals surface area contributed by atoms with Gasteiger partial charge < -0.3 is 14.6 Å². The minimum Gasteiger partial charge on any atom is -0.550 e. The first kappa shape index (κ1) is 10.8. The highest BCUT2D eigenvalue weighted by atomic mass is 16.5. The maximum atomic E-state index is 10.7. The number of rotatable bonds is 3. The number of hydrogen-bond donors (Lipinski definition) is 1. The molecule has 78 valence electrons. The Kier molecular flexibility index (Phi) is 3.73. The Labute approximate surface area is 81.5 Å². The zero-order valence-electron chi connectivity index (χ0n) is 7.97. The van der Waals surface area contributed by atoms with Gasteiger partial charge in [0.05, 0.1) is 6.10 Å². The number of nitrogens with zero attached hydrogens (tertiary/aromatic N) is 2. The van der Waals surface area contributed by atoms with Gasteiger partial charge in [-0.1, -0.05) is 0 Å². The van der Waals surface area contributed by atoms with Crippen molar-refractivity contribution in [1.29, 1.82) is 5.53 Å². The molecule has 6 heteroatoms. The molecule has 0 spiro atoms. The largest absolute Gasteiger partial charge is 0.550 e. The Bertz CT molecular complexity index is 263. The second kappa shape index (κ2) is 4.83. The third-order valence-corrected chi connectivity index (χ3v) is 2.59. The summed E-state index contributed by atoms with van der Waals surface area (Å²) in [4.78, 5) is 13.7. The van der Waals surface area contributed by atoms with Crippen molar-refractivity contribution in [3.8, 4) is 0 Å². The fraction of sp³-hybridized carbons (Fsp3) is 0.875. The van der Waals surface area contributed by atoms with Gasteiger partial charge in [0.15, 0.2) is 0 Å². The van der Waals surface area contributed by atoms with Crippen molar-refractivity contribution >= 4 is 5.97 Å². The number of nitrogens with one attached hydrogen (secondary N) is 1. The number of aliphatic carboxylic acids is 1. The molecule has 0 aromatic rings. The van der Waals surface area contributed by atoms with E-state index in [0.29, 0.717) is 19.3 Å². The molecule has 1 saturated carbocycles. The van der Waals surface area contributed by atoms with Crippen molar-refractivity contribution in [2.24, 2.45) is 11.0 Å². The summed E-state index contributed by atoms with van der Waals surface area (Å²) in [5, 5.41) is 14.4. The Morgan fingerprint density at radius 2 is 2.36 bits per heavy atom. The summed E-state index contributed by atoms with van der Waals surface area (Å²) < 4.78 is 5.06. The van der Waals surface area contributed by atoms with Crippen LogP contribution in [0, 0.1) is 11.4 Å². The van der Waals surface area contributed by atoms with Gasteiger partial charge in [-0.05, 0) is 12.8 Å². The smallest absolute Gasteiger partial charge is 0.214 e. The first-order valence-corrected chi connectivity index (χ1v) is 4.49. The lowest BCUT2D eigenvalue weighted by molar-refractivity contribution is -0.315. The quantitative estimate of drug-likeness (QED) is 0.488. The van der Waals surface area contributed by atoms with Gasteiger partial charge in [-0.15, -0.1) is 0 Å². The average Bonchev–Trinajstić information content (AvgIpc) is 2.17. The molecule has 1 aliphatic rings. The number of carboxylic acids is 1. The lowest BCUT2D eigenvalue weighted by Crippen LogP contribution is -2.43. The van der Waals surface area contributed by atoms with Crippen LogP contribution in [-0.4, -0.2) is 25.2 Å². The molecule has 14 heavy (non-hydrogen) atoms. The summed E-state index contributed by atoms with van der Waals surface area (Å²) in [5.41, 5.74) is 6.59. The zero-order valence-corrected chi connectivity index (χ0v) is 7.97. The molecule has 0 heterocycles. The van der Waals surface area contributed by atoms with Crippen LogP contribution in [0.25, 0.3) is 0 Å². The van der Waals surface area contributed by atoms with Crippen LogP contribution in [0.5, 0.6) is 0 Å². The maximum absolute atomic E-state index is 10.7. The van der Waals surface area contributed by atoms with Crippen LogP contribution in [0.4, 0.5) is 0 Å². The van der Waals surface area contributed by atoms with E-state index in [4.69, 9.17) is 10.3 Å². The van der Waals surface area contributed by atoms with Gasteiger partial charge in [-0.25, -0.2) is 0 Å². The molecule has 3 atom stereocenters. The lowest BCUT2D eigenvalue weighted by Gasteiger charge is -2.32. The van der Waals surface area contributed by atoms with Crippen LogP contribution in [0.3, 0.4) is 0 Å². The highest BCUT2D eigenvalue weighted by Gasteiger charge is 2.33. The van der Waals surface area contributed by atoms with Gasteiger partial charge in [0.25, 0.3) is 0 Å². The van der Waals surface area contributed by atoms with E-state index in [1.54, 1.807) is 0 Å². The number of carboxylic acid groups (broad SMARTS) is 1. The number of ether oxygens (including phenoxy) is 1. The van der Waals surface area contributed by atoms with Crippen molar-refractivity contribution in [3.63, 3.8) is 0 Å². The average molecular weight is 199 g/mol. The van der Waals surface area contributed by atoms with Crippen LogP contribution in [0.15, 0.2) is 5.11 Å². The summed E-state index contributed by atoms with van der Waals surface area (Å²) in [6, 6.07) is -0.0898. The Morgan fingerprint density at radius 1 is 1.64 bits per heavy atom. The van der Waals surface area contributed by atoms with Gasteiger partial charge in [0.1, 0.15) is 16.7 Å². The van der Waals surface area contributed by atoms with E-state index in [0.717, 1.165) is 0 Å². The van der Waals surface area contributed by atoms with Crippen LogP contribution in [0.1, 0.15) is 19.3 Å². The monoisotopic (exact) mass is 199 g/mol. The minimum absolute atomic E-state index is 0.0898. The predicted octanol–water partition coefficient (Wildman–Crippen LogP) is -0.530. The lowest BCUT2D eigenvalue weighted by atomic mass is 9.84. The van der Waals surface area contributed by atoms with Gasteiger partial charge in [-0.2, -0.15) is 0 Å². The molecule has 0 aromatic carbocycles. The van der Waals surface area contributed by atoms with Gasteiger partial charge in [0.2, 0.25) is 4.91 Å². The first-order valence-electron chi connectivity index (χ1n) is 4.49. The zero-order chi connectivity index (χ0) is 10.6. The summed E-state index contributed by atoms with van der Waals surface area (Å²) in [7, 11) is 1.47. The molecular weight excluding hydrogens is 186 g/mol. The Balaban J connectivity index is 2.63. The molecule has 6 nitrogen and oxygen atoms in total. The van der Waals surface area contributed by atoms with E-state index in [1.165, 1.54) is 7.11 Å². The van der Waals surface area contributed by atoms with E-state index in [9.17, 15) is 9.90 Å². The fourth-order valence-corrected chi connectivity index (χ4v) is 1.82. The second-order valence-electron chi connectivity index (χ2n) is 3.38. The van der Waals surface area contributed by atoms with E-state index in [1.807, 2.05) is 0 Å². The topological polar surface area (TPSA) is 99.7 Å². The molecule has 1 aliphatic carbocycles. The van der Waals surface area contributed by atoms with Crippen molar-refractivity contribution in [3.05, 3.63) is 0 Å². The normalized spacial score (nSPS) is 31.9. The van der Waals surface area contributed by atoms with Gasteiger partial charge in [-0.3, -0.25) is 0 Å². The van der Waals surface area contributed by atoms with Crippen LogP contribution in [0.2, 0.25) is 0 Å². The number of carbonyl (C=O) groups is 1. The summed E-state index contributed by atoms with van der Waals surface area (Å²) in [6.07, 6.45) is 1.23. The van der Waals surface area contributed by atoms with Gasteiger partial charge >= 0.3 is 0 Å². The van der Waals surface area contributed by atoms with Crippen LogP contribution >= 0.6 is 0 Å². The molecule has 0 unspecified atom stereocenters.